The van der Waals surface area contributed by atoms with Crippen molar-refractivity contribution in [1.82, 2.24) is 9.97 Å². The minimum Gasteiger partial charge on any atom is -0.507 e. The fourth-order valence-electron chi connectivity index (χ4n) is 2.62. The number of nitrogens with zero attached hydrogens (tertiary/aromatic N) is 2. The normalized spacial score (nSPS) is 11.5. The van der Waals surface area contributed by atoms with Gasteiger partial charge in [0.1, 0.15) is 18.2 Å². The third-order valence-corrected chi connectivity index (χ3v) is 4.06. The average Bonchev–Trinajstić information content (AvgIpc) is 3.15. The van der Waals surface area contributed by atoms with Gasteiger partial charge in [-0.15, -0.1) is 0 Å². The summed E-state index contributed by atoms with van der Waals surface area (Å²) >= 11 is 0. The van der Waals surface area contributed by atoms with Gasteiger partial charge in [-0.05, 0) is 36.8 Å². The van der Waals surface area contributed by atoms with E-state index in [0.717, 1.165) is 11.1 Å². The van der Waals surface area contributed by atoms with Crippen LogP contribution in [-0.2, 0) is 9.53 Å². The smallest absolute Gasteiger partial charge is 0.344 e. The van der Waals surface area contributed by atoms with Crippen LogP contribution in [0.2, 0.25) is 0 Å². The molecule has 0 atom stereocenters. The predicted octanol–water partition coefficient (Wildman–Crippen LogP) is 3.29. The van der Waals surface area contributed by atoms with E-state index < -0.39 is 18.3 Å². The molecule has 8 nitrogen and oxygen atoms in total. The van der Waals surface area contributed by atoms with Crippen molar-refractivity contribution >= 4 is 22.6 Å². The summed E-state index contributed by atoms with van der Waals surface area (Å²) in [6.45, 7) is 1.05. The molecule has 0 fully saturated rings. The lowest BCUT2D eigenvalue weighted by Crippen LogP contribution is -2.17. The van der Waals surface area contributed by atoms with E-state index in [1.54, 1.807) is 24.3 Å². The fourth-order valence-corrected chi connectivity index (χ4v) is 2.62. The standard InChI is InChI=1S/C21H19N3O5/c1-13-7-8-18(19(9-13)27-2)28-12-20(26)29-11-17(25)14(10-22)21-23-15-5-3-4-6-16(15)24-21/h3-9,25H,11-12H2,1-2H3,(H,23,24). The van der Waals surface area contributed by atoms with Gasteiger partial charge in [0.15, 0.2) is 29.7 Å². The number of aliphatic hydroxyl groups excluding tert-OH is 1. The summed E-state index contributed by atoms with van der Waals surface area (Å²) in [6, 6.07) is 14.4. The number of nitriles is 1. The maximum absolute atomic E-state index is 11.9. The first kappa shape index (κ1) is 19.8. The Morgan fingerprint density at radius 1 is 1.21 bits per heavy atom. The molecular formula is C21H19N3O5. The number of ether oxygens (including phenoxy) is 3. The van der Waals surface area contributed by atoms with E-state index in [-0.39, 0.29) is 18.0 Å². The summed E-state index contributed by atoms with van der Waals surface area (Å²) in [7, 11) is 1.50. The molecule has 3 aromatic rings. The van der Waals surface area contributed by atoms with E-state index in [4.69, 9.17) is 14.2 Å². The Morgan fingerprint density at radius 3 is 2.72 bits per heavy atom. The molecule has 0 spiro atoms. The Kier molecular flexibility index (Phi) is 6.00. The van der Waals surface area contributed by atoms with Gasteiger partial charge in [0, 0.05) is 0 Å². The van der Waals surface area contributed by atoms with Crippen LogP contribution in [0.15, 0.2) is 48.2 Å². The molecule has 0 bridgehead atoms. The first-order chi connectivity index (χ1) is 14.0. The SMILES string of the molecule is COc1cc(C)ccc1OCC(=O)OCC(O)=C(C#N)c1nc2ccccc2[nH]1. The third kappa shape index (κ3) is 4.65. The van der Waals surface area contributed by atoms with Crippen LogP contribution in [0, 0.1) is 18.3 Å². The second-order valence-corrected chi connectivity index (χ2v) is 6.14. The van der Waals surface area contributed by atoms with Gasteiger partial charge in [0.2, 0.25) is 0 Å². The van der Waals surface area contributed by atoms with Crippen LogP contribution in [0.3, 0.4) is 0 Å². The van der Waals surface area contributed by atoms with E-state index >= 15 is 0 Å². The van der Waals surface area contributed by atoms with E-state index in [9.17, 15) is 15.2 Å². The van der Waals surface area contributed by atoms with Crippen molar-refractivity contribution in [1.29, 1.82) is 5.26 Å². The summed E-state index contributed by atoms with van der Waals surface area (Å²) < 4.78 is 15.6. The number of nitrogens with one attached hydrogen (secondary N) is 1. The van der Waals surface area contributed by atoms with Crippen LogP contribution in [0.4, 0.5) is 0 Å². The number of para-hydroxylation sites is 2. The van der Waals surface area contributed by atoms with Crippen molar-refractivity contribution < 1.29 is 24.1 Å². The maximum Gasteiger partial charge on any atom is 0.344 e. The number of aromatic amines is 1. The number of aliphatic hydroxyl groups is 1. The number of hydrogen-bond donors (Lipinski definition) is 2. The van der Waals surface area contributed by atoms with Gasteiger partial charge < -0.3 is 24.3 Å². The summed E-state index contributed by atoms with van der Waals surface area (Å²) in [5, 5.41) is 19.6. The number of benzene rings is 2. The molecule has 2 N–H and O–H groups in total. The predicted molar refractivity (Wildman–Crippen MR) is 105 cm³/mol. The molecule has 0 aliphatic carbocycles. The van der Waals surface area contributed by atoms with E-state index in [0.29, 0.717) is 17.0 Å². The van der Waals surface area contributed by atoms with Crippen LogP contribution in [-0.4, -0.2) is 41.4 Å². The second-order valence-electron chi connectivity index (χ2n) is 6.14. The number of H-pyrrole nitrogens is 1. The van der Waals surface area contributed by atoms with Crippen molar-refractivity contribution in [3.8, 4) is 17.6 Å². The molecule has 29 heavy (non-hydrogen) atoms. The van der Waals surface area contributed by atoms with Crippen LogP contribution in [0.5, 0.6) is 11.5 Å². The van der Waals surface area contributed by atoms with Gasteiger partial charge in [-0.2, -0.15) is 5.26 Å². The number of carbonyl (C=O) groups is 1. The minimum absolute atomic E-state index is 0.102. The monoisotopic (exact) mass is 393 g/mol. The fraction of sp³-hybridized carbons (Fsp3) is 0.190. The lowest BCUT2D eigenvalue weighted by atomic mass is 10.2. The molecule has 0 saturated carbocycles. The van der Waals surface area contributed by atoms with Gasteiger partial charge in [0.05, 0.1) is 18.1 Å². The molecule has 0 unspecified atom stereocenters. The van der Waals surface area contributed by atoms with Gasteiger partial charge in [-0.1, -0.05) is 18.2 Å². The third-order valence-electron chi connectivity index (χ3n) is 4.06. The number of carbonyl (C=O) groups excluding carboxylic acids is 1. The molecule has 1 aromatic heterocycles. The van der Waals surface area contributed by atoms with Gasteiger partial charge in [0.25, 0.3) is 0 Å². The Balaban J connectivity index is 1.63. The summed E-state index contributed by atoms with van der Waals surface area (Å²) in [6.07, 6.45) is 0. The number of aromatic nitrogens is 2. The molecule has 0 radical (unpaired) electrons. The lowest BCUT2D eigenvalue weighted by molar-refractivity contribution is -0.145. The Morgan fingerprint density at radius 2 is 2.00 bits per heavy atom. The van der Waals surface area contributed by atoms with Crippen LogP contribution in [0.25, 0.3) is 16.6 Å². The number of hydrogen-bond acceptors (Lipinski definition) is 7. The van der Waals surface area contributed by atoms with Gasteiger partial charge in [-0.25, -0.2) is 9.78 Å². The quantitative estimate of drug-likeness (QED) is 0.359. The number of fused-ring (bicyclic) bond motifs is 1. The Hall–Kier alpha value is -3.99. The second kappa shape index (κ2) is 8.80. The van der Waals surface area contributed by atoms with Gasteiger partial charge >= 0.3 is 5.97 Å². The van der Waals surface area contributed by atoms with E-state index in [1.165, 1.54) is 7.11 Å². The number of allylic oxidation sites excluding steroid dienone is 1. The Labute approximate surface area is 167 Å². The topological polar surface area (TPSA) is 117 Å². The first-order valence-electron chi connectivity index (χ1n) is 8.72. The average molecular weight is 393 g/mol. The molecule has 8 heteroatoms. The Bertz CT molecular complexity index is 1080. The van der Waals surface area contributed by atoms with Crippen molar-refractivity contribution in [2.45, 2.75) is 6.92 Å². The largest absolute Gasteiger partial charge is 0.507 e. The number of esters is 1. The number of imidazole rings is 1. The van der Waals surface area contributed by atoms with Crippen molar-refractivity contribution in [2.75, 3.05) is 20.3 Å². The lowest BCUT2D eigenvalue weighted by Gasteiger charge is -2.11. The maximum atomic E-state index is 11.9. The molecule has 2 aromatic carbocycles. The highest BCUT2D eigenvalue weighted by Gasteiger charge is 2.15. The highest BCUT2D eigenvalue weighted by atomic mass is 16.6. The molecular weight excluding hydrogens is 374 g/mol. The summed E-state index contributed by atoms with van der Waals surface area (Å²) in [5.74, 6) is -0.0243. The molecule has 0 aliphatic heterocycles. The number of rotatable bonds is 7. The summed E-state index contributed by atoms with van der Waals surface area (Å²) in [4.78, 5) is 19.2. The summed E-state index contributed by atoms with van der Waals surface area (Å²) in [5.41, 5.74) is 2.26. The number of aryl methyl sites for hydroxylation is 1. The molecule has 148 valence electrons. The molecule has 0 aliphatic rings. The number of methoxy groups -OCH3 is 1. The highest BCUT2D eigenvalue weighted by molar-refractivity contribution is 5.83. The zero-order chi connectivity index (χ0) is 20.8. The van der Waals surface area contributed by atoms with E-state index in [1.807, 2.05) is 31.2 Å². The minimum atomic E-state index is -0.707. The van der Waals surface area contributed by atoms with Crippen LogP contribution < -0.4 is 9.47 Å². The van der Waals surface area contributed by atoms with Gasteiger partial charge in [-0.3, -0.25) is 0 Å². The molecule has 3 rings (SSSR count). The zero-order valence-electron chi connectivity index (χ0n) is 15.9. The van der Waals surface area contributed by atoms with Crippen molar-refractivity contribution in [3.63, 3.8) is 0 Å². The van der Waals surface area contributed by atoms with Crippen molar-refractivity contribution in [2.24, 2.45) is 0 Å². The zero-order valence-corrected chi connectivity index (χ0v) is 15.9. The van der Waals surface area contributed by atoms with E-state index in [2.05, 4.69) is 9.97 Å². The first-order valence-corrected chi connectivity index (χ1v) is 8.72. The molecule has 0 saturated heterocycles. The van der Waals surface area contributed by atoms with Crippen LogP contribution in [0.1, 0.15) is 11.4 Å². The van der Waals surface area contributed by atoms with Crippen molar-refractivity contribution in [3.05, 3.63) is 59.6 Å². The highest BCUT2D eigenvalue weighted by Crippen LogP contribution is 2.27. The van der Waals surface area contributed by atoms with Crippen LogP contribution >= 0.6 is 0 Å². The molecule has 0 amide bonds. The molecule has 1 heterocycles.